The molecule has 5 N–H and O–H groups in total. The molecule has 51 heavy (non-hydrogen) atoms. The average Bonchev–Trinajstić information content (AvgIpc) is 3.00. The van der Waals surface area contributed by atoms with Crippen LogP contribution >= 0.6 is 0 Å². The topological polar surface area (TPSA) is 223 Å². The second-order valence-corrected chi connectivity index (χ2v) is 16.5. The minimum absolute atomic E-state index is 0.0558. The zero-order valence-corrected chi connectivity index (χ0v) is 30.4. The molecule has 0 aliphatic carbocycles. The molecule has 0 fully saturated rings. The molecule has 0 saturated heterocycles. The van der Waals surface area contributed by atoms with Crippen molar-refractivity contribution in [1.29, 1.82) is 0 Å². The predicted octanol–water partition coefficient (Wildman–Crippen LogP) is 5.06. The molecule has 270 valence electrons. The van der Waals surface area contributed by atoms with Gasteiger partial charge in [0.1, 0.15) is 26.2 Å². The number of nitrogens with one attached hydrogen (secondary N) is 2. The molecule has 0 atom stereocenters. The summed E-state index contributed by atoms with van der Waals surface area (Å²) in [6.45, 7) is 12.8. The van der Waals surface area contributed by atoms with Gasteiger partial charge in [0, 0.05) is 33.7 Å². The van der Waals surface area contributed by atoms with Gasteiger partial charge in [0.25, 0.3) is 30.4 Å². The molecule has 0 aromatic heterocycles. The van der Waals surface area contributed by atoms with Gasteiger partial charge < -0.3 is 14.8 Å². The van der Waals surface area contributed by atoms with Crippen LogP contribution in [0.15, 0.2) is 69.3 Å². The number of ether oxygens (including phenoxy) is 2. The molecule has 0 unspecified atom stereocenters. The van der Waals surface area contributed by atoms with Gasteiger partial charge in [-0.3, -0.25) is 19.0 Å². The molecule has 1 aliphatic rings. The standard InChI is InChI=1S/C34H34N2O12S3/c1-17(2)16-47-34(37)36-33-20(5)11-19(4)32(21(33)6)35-25-15-27-24(14-30(25)51(44,45)46)31(22-9-7-8-10-28(22)49(38,39)40)23-13-29(50(41,42)43)18(3)12-26(23)48-27/h7-15,17,35H,3,16H2,1-2,4-6H3,(H,36,37)(H,38,39,40)(H,41,42,43)(H,44,45,46). The summed E-state index contributed by atoms with van der Waals surface area (Å²) < 4.78 is 117. The van der Waals surface area contributed by atoms with Gasteiger partial charge >= 0.3 is 6.09 Å². The lowest BCUT2D eigenvalue weighted by atomic mass is 9.92. The summed E-state index contributed by atoms with van der Waals surface area (Å²) in [5.74, 6) is -0.0382. The Bertz CT molecular complexity index is 2580. The van der Waals surface area contributed by atoms with E-state index in [1.165, 1.54) is 30.3 Å². The first-order valence-corrected chi connectivity index (χ1v) is 19.5. The Balaban J connectivity index is 1.80. The minimum atomic E-state index is -5.06. The molecule has 1 amide bonds. The summed E-state index contributed by atoms with van der Waals surface area (Å²) in [5.41, 5.74) is 1.95. The van der Waals surface area contributed by atoms with Crippen molar-refractivity contribution in [1.82, 2.24) is 0 Å². The highest BCUT2D eigenvalue weighted by molar-refractivity contribution is 7.86. The molecule has 1 aliphatic heterocycles. The highest BCUT2D eigenvalue weighted by atomic mass is 32.2. The van der Waals surface area contributed by atoms with Crippen LogP contribution in [0.4, 0.5) is 21.9 Å². The number of carbonyl (C=O) groups excluding carboxylic acids is 1. The largest absolute Gasteiger partial charge is 0.456 e. The average molecular weight is 759 g/mol. The summed E-state index contributed by atoms with van der Waals surface area (Å²) in [6.07, 6.45) is -0.695. The van der Waals surface area contributed by atoms with Crippen LogP contribution in [-0.4, -0.2) is 51.6 Å². The van der Waals surface area contributed by atoms with E-state index in [0.29, 0.717) is 28.1 Å². The Labute approximate surface area is 294 Å². The lowest BCUT2D eigenvalue weighted by Gasteiger charge is -2.25. The molecule has 0 spiro atoms. The lowest BCUT2D eigenvalue weighted by molar-refractivity contribution is 0.147. The van der Waals surface area contributed by atoms with Crippen LogP contribution in [0, 0.1) is 26.7 Å². The zero-order valence-electron chi connectivity index (χ0n) is 27.9. The van der Waals surface area contributed by atoms with Crippen LogP contribution in [0.3, 0.4) is 0 Å². The van der Waals surface area contributed by atoms with E-state index < -0.39 is 51.1 Å². The fraction of sp³-hybridized carbons (Fsp3) is 0.206. The third kappa shape index (κ3) is 7.63. The Hall–Kier alpha value is -4.78. The van der Waals surface area contributed by atoms with Crippen molar-refractivity contribution < 1.29 is 53.2 Å². The van der Waals surface area contributed by atoms with Gasteiger partial charge in [-0.05, 0) is 72.9 Å². The van der Waals surface area contributed by atoms with E-state index in [0.717, 1.165) is 18.2 Å². The van der Waals surface area contributed by atoms with E-state index in [1.54, 1.807) is 26.8 Å². The molecular weight excluding hydrogens is 725 g/mol. The summed E-state index contributed by atoms with van der Waals surface area (Å²) in [5, 5.41) is 5.47. The maximum absolute atomic E-state index is 13.0. The number of hydrogen-bond acceptors (Lipinski definition) is 10. The van der Waals surface area contributed by atoms with Crippen LogP contribution < -0.4 is 25.8 Å². The van der Waals surface area contributed by atoms with Gasteiger partial charge in [-0.1, -0.05) is 44.7 Å². The number of rotatable bonds is 9. The Morgan fingerprint density at radius 1 is 0.784 bits per heavy atom. The first-order valence-electron chi connectivity index (χ1n) is 15.1. The number of aryl methyl sites for hydroxylation is 2. The number of hydrogen-bond donors (Lipinski definition) is 5. The molecule has 5 rings (SSSR count). The molecule has 14 nitrogen and oxygen atoms in total. The van der Waals surface area contributed by atoms with E-state index in [2.05, 4.69) is 17.2 Å². The second kappa shape index (κ2) is 13.4. The molecule has 1 heterocycles. The van der Waals surface area contributed by atoms with Gasteiger partial charge in [0.05, 0.1) is 18.0 Å². The molecule has 0 radical (unpaired) electrons. The Morgan fingerprint density at radius 2 is 1.39 bits per heavy atom. The van der Waals surface area contributed by atoms with Gasteiger partial charge in [-0.2, -0.15) is 25.3 Å². The second-order valence-electron chi connectivity index (χ2n) is 12.3. The van der Waals surface area contributed by atoms with Crippen LogP contribution in [0.5, 0.6) is 11.5 Å². The Morgan fingerprint density at radius 3 is 2.00 bits per heavy atom. The van der Waals surface area contributed by atoms with Crippen molar-refractivity contribution in [2.24, 2.45) is 5.92 Å². The third-order valence-corrected chi connectivity index (χ3v) is 10.7. The molecule has 0 saturated carbocycles. The number of fused-ring (bicyclic) bond motifs is 2. The van der Waals surface area contributed by atoms with Crippen LogP contribution in [0.2, 0.25) is 0 Å². The Kier molecular flexibility index (Phi) is 9.85. The number of amides is 1. The molecule has 4 aromatic rings. The van der Waals surface area contributed by atoms with Gasteiger partial charge in [-0.25, -0.2) is 4.79 Å². The quantitative estimate of drug-likeness (QED) is 0.124. The number of carbonyl (C=O) groups is 1. The highest BCUT2D eigenvalue weighted by Gasteiger charge is 2.30. The van der Waals surface area contributed by atoms with Crippen molar-refractivity contribution in [3.05, 3.63) is 92.9 Å². The van der Waals surface area contributed by atoms with Gasteiger partial charge in [0.2, 0.25) is 0 Å². The molecule has 4 aromatic carbocycles. The maximum Gasteiger partial charge on any atom is 0.411 e. The number of anilines is 3. The van der Waals surface area contributed by atoms with Crippen molar-refractivity contribution in [2.75, 3.05) is 17.2 Å². The van der Waals surface area contributed by atoms with Crippen LogP contribution in [0.25, 0.3) is 12.2 Å². The van der Waals surface area contributed by atoms with E-state index in [4.69, 9.17) is 9.47 Å². The third-order valence-electron chi connectivity index (χ3n) is 8.00. The summed E-state index contributed by atoms with van der Waals surface area (Å²) in [7, 11) is -14.8. The van der Waals surface area contributed by atoms with Crippen molar-refractivity contribution in [3.8, 4) is 11.5 Å². The van der Waals surface area contributed by atoms with E-state index in [9.17, 15) is 43.7 Å². The molecule has 0 bridgehead atoms. The number of benzene rings is 4. The van der Waals surface area contributed by atoms with Crippen LogP contribution in [0.1, 0.15) is 41.7 Å². The SMILES string of the molecule is C=c1cc2c(cc1S(=O)(=O)O)=C(c1ccccc1S(=O)(=O)O)c1cc(S(=O)(=O)O)c(Nc3c(C)cc(C)c(NC(=O)OCC(C)C)c3C)cc1O2. The lowest BCUT2D eigenvalue weighted by Crippen LogP contribution is -2.25. The highest BCUT2D eigenvalue weighted by Crippen LogP contribution is 2.44. The smallest absolute Gasteiger partial charge is 0.411 e. The summed E-state index contributed by atoms with van der Waals surface area (Å²) in [4.78, 5) is 10.6. The first-order chi connectivity index (χ1) is 23.6. The zero-order chi connectivity index (χ0) is 37.8. The van der Waals surface area contributed by atoms with Gasteiger partial charge in [-0.15, -0.1) is 0 Å². The van der Waals surface area contributed by atoms with E-state index in [1.807, 2.05) is 13.8 Å². The maximum atomic E-state index is 13.0. The van der Waals surface area contributed by atoms with Crippen molar-refractivity contribution in [3.63, 3.8) is 0 Å². The van der Waals surface area contributed by atoms with Crippen molar-refractivity contribution >= 4 is 65.7 Å². The summed E-state index contributed by atoms with van der Waals surface area (Å²) >= 11 is 0. The van der Waals surface area contributed by atoms with Crippen molar-refractivity contribution in [2.45, 2.75) is 49.3 Å². The normalized spacial score (nSPS) is 12.9. The fourth-order valence-electron chi connectivity index (χ4n) is 5.81. The minimum Gasteiger partial charge on any atom is -0.456 e. The molecular formula is C34H34N2O12S3. The van der Waals surface area contributed by atoms with E-state index in [-0.39, 0.29) is 56.8 Å². The van der Waals surface area contributed by atoms with Gasteiger partial charge in [0.15, 0.2) is 0 Å². The first kappa shape index (κ1) is 37.5. The van der Waals surface area contributed by atoms with E-state index >= 15 is 0 Å². The summed E-state index contributed by atoms with van der Waals surface area (Å²) in [6, 6.07) is 11.3. The van der Waals surface area contributed by atoms with Crippen LogP contribution in [-0.2, 0) is 35.1 Å². The molecule has 17 heteroatoms. The monoisotopic (exact) mass is 758 g/mol. The fourth-order valence-corrected chi connectivity index (χ4v) is 7.82. The predicted molar refractivity (Wildman–Crippen MR) is 189 cm³/mol.